The van der Waals surface area contributed by atoms with Gasteiger partial charge >= 0.3 is 0 Å². The summed E-state index contributed by atoms with van der Waals surface area (Å²) in [5.41, 5.74) is 6.23. The molecule has 0 saturated carbocycles. The molecule has 1 aliphatic heterocycles. The molecule has 1 atom stereocenters. The molecule has 1 heterocycles. The van der Waals surface area contributed by atoms with Crippen molar-refractivity contribution in [3.8, 4) is 0 Å². The Morgan fingerprint density at radius 3 is 2.84 bits per heavy atom. The van der Waals surface area contributed by atoms with Gasteiger partial charge in [0.2, 0.25) is 5.91 Å². The molecule has 4 nitrogen and oxygen atoms in total. The Morgan fingerprint density at radius 1 is 1.42 bits per heavy atom. The average Bonchev–Trinajstić information content (AvgIpc) is 2.87. The highest BCUT2D eigenvalue weighted by atomic mass is 35.5. The van der Waals surface area contributed by atoms with Gasteiger partial charge < -0.3 is 10.6 Å². The molecule has 1 aromatic carbocycles. The van der Waals surface area contributed by atoms with Crippen molar-refractivity contribution in [1.82, 2.24) is 4.90 Å². The lowest BCUT2D eigenvalue weighted by Crippen LogP contribution is -2.42. The normalized spacial score (nSPS) is 18.6. The Hall–Kier alpha value is -1.20. The van der Waals surface area contributed by atoms with Crippen LogP contribution in [0.5, 0.6) is 0 Å². The van der Waals surface area contributed by atoms with Crippen LogP contribution in [0, 0.1) is 0 Å². The van der Waals surface area contributed by atoms with Crippen LogP contribution in [0.4, 0.5) is 0 Å². The predicted octanol–water partition coefficient (Wildman–Crippen LogP) is 1.66. The number of halogens is 1. The maximum Gasteiger partial charge on any atom is 0.250 e. The predicted molar refractivity (Wildman–Crippen MR) is 76.9 cm³/mol. The molecule has 0 spiro atoms. The molecular formula is C13H15ClN2O2S. The van der Waals surface area contributed by atoms with Gasteiger partial charge in [0.25, 0.3) is 5.91 Å². The SMILES string of the molecule is NC(=O)C1SCCN1C(=O)CCc1ccccc1Cl. The fourth-order valence-corrected chi connectivity index (χ4v) is 3.37. The lowest BCUT2D eigenvalue weighted by atomic mass is 10.1. The summed E-state index contributed by atoms with van der Waals surface area (Å²) in [6, 6.07) is 7.46. The Labute approximate surface area is 121 Å². The number of rotatable bonds is 4. The number of nitrogens with zero attached hydrogens (tertiary/aromatic N) is 1. The Bertz CT molecular complexity index is 495. The van der Waals surface area contributed by atoms with Crippen molar-refractivity contribution in [2.75, 3.05) is 12.3 Å². The van der Waals surface area contributed by atoms with Gasteiger partial charge in [0.05, 0.1) is 0 Å². The van der Waals surface area contributed by atoms with Gasteiger partial charge in [-0.15, -0.1) is 11.8 Å². The summed E-state index contributed by atoms with van der Waals surface area (Å²) in [5, 5.41) is 0.149. The van der Waals surface area contributed by atoms with E-state index in [0.717, 1.165) is 11.3 Å². The summed E-state index contributed by atoms with van der Waals surface area (Å²) >= 11 is 7.46. The molecule has 19 heavy (non-hydrogen) atoms. The van der Waals surface area contributed by atoms with Gasteiger partial charge in [0, 0.05) is 23.7 Å². The average molecular weight is 299 g/mol. The molecule has 102 valence electrons. The van der Waals surface area contributed by atoms with Crippen LogP contribution in [0.3, 0.4) is 0 Å². The number of hydrogen-bond acceptors (Lipinski definition) is 3. The topological polar surface area (TPSA) is 63.4 Å². The van der Waals surface area contributed by atoms with Crippen LogP contribution in [-0.2, 0) is 16.0 Å². The number of carbonyl (C=O) groups is 2. The van der Waals surface area contributed by atoms with E-state index in [1.54, 1.807) is 11.0 Å². The highest BCUT2D eigenvalue weighted by molar-refractivity contribution is 8.00. The molecule has 1 unspecified atom stereocenters. The van der Waals surface area contributed by atoms with Gasteiger partial charge in [-0.05, 0) is 18.1 Å². The highest BCUT2D eigenvalue weighted by Gasteiger charge is 2.32. The fraction of sp³-hybridized carbons (Fsp3) is 0.385. The number of amides is 2. The minimum Gasteiger partial charge on any atom is -0.367 e. The largest absolute Gasteiger partial charge is 0.367 e. The first-order chi connectivity index (χ1) is 9.09. The Kier molecular flexibility index (Phi) is 4.71. The zero-order valence-corrected chi connectivity index (χ0v) is 11.9. The third-order valence-electron chi connectivity index (χ3n) is 3.02. The van der Waals surface area contributed by atoms with Crippen LogP contribution in [0.1, 0.15) is 12.0 Å². The number of primary amides is 1. The van der Waals surface area contributed by atoms with Crippen molar-refractivity contribution in [2.45, 2.75) is 18.2 Å². The number of benzene rings is 1. The molecule has 0 aliphatic carbocycles. The lowest BCUT2D eigenvalue weighted by molar-refractivity contribution is -0.135. The van der Waals surface area contributed by atoms with E-state index in [9.17, 15) is 9.59 Å². The van der Waals surface area contributed by atoms with Crippen molar-refractivity contribution < 1.29 is 9.59 Å². The summed E-state index contributed by atoms with van der Waals surface area (Å²) in [4.78, 5) is 24.9. The molecule has 0 radical (unpaired) electrons. The van der Waals surface area contributed by atoms with Gasteiger partial charge in [0.15, 0.2) is 5.37 Å². The van der Waals surface area contributed by atoms with Gasteiger partial charge in [-0.3, -0.25) is 9.59 Å². The van der Waals surface area contributed by atoms with E-state index in [1.165, 1.54) is 11.8 Å². The zero-order valence-electron chi connectivity index (χ0n) is 10.3. The quantitative estimate of drug-likeness (QED) is 0.919. The molecule has 0 aromatic heterocycles. The fourth-order valence-electron chi connectivity index (χ4n) is 2.05. The second-order valence-corrected chi connectivity index (χ2v) is 5.90. The van der Waals surface area contributed by atoms with Gasteiger partial charge in [-0.2, -0.15) is 0 Å². The monoisotopic (exact) mass is 298 g/mol. The Morgan fingerprint density at radius 2 is 2.16 bits per heavy atom. The van der Waals surface area contributed by atoms with Crippen LogP contribution in [-0.4, -0.2) is 34.4 Å². The minimum absolute atomic E-state index is 0.0475. The van der Waals surface area contributed by atoms with Crippen LogP contribution >= 0.6 is 23.4 Å². The van der Waals surface area contributed by atoms with E-state index in [0.29, 0.717) is 24.4 Å². The van der Waals surface area contributed by atoms with E-state index < -0.39 is 11.3 Å². The molecule has 6 heteroatoms. The van der Waals surface area contributed by atoms with E-state index in [1.807, 2.05) is 18.2 Å². The van der Waals surface area contributed by atoms with Crippen molar-refractivity contribution in [3.63, 3.8) is 0 Å². The Balaban J connectivity index is 1.95. The van der Waals surface area contributed by atoms with Crippen LogP contribution in [0.2, 0.25) is 5.02 Å². The third-order valence-corrected chi connectivity index (χ3v) is 4.61. The third kappa shape index (κ3) is 3.42. The number of aryl methyl sites for hydroxylation is 1. The first-order valence-electron chi connectivity index (χ1n) is 6.03. The molecule has 1 aromatic rings. The minimum atomic E-state index is -0.515. The zero-order chi connectivity index (χ0) is 13.8. The standard InChI is InChI=1S/C13H15ClN2O2S/c14-10-4-2-1-3-9(10)5-6-11(17)16-7-8-19-13(16)12(15)18/h1-4,13H,5-8H2,(H2,15,18). The van der Waals surface area contributed by atoms with Crippen LogP contribution in [0.15, 0.2) is 24.3 Å². The van der Waals surface area contributed by atoms with E-state index >= 15 is 0 Å². The number of hydrogen-bond donors (Lipinski definition) is 1. The lowest BCUT2D eigenvalue weighted by Gasteiger charge is -2.21. The molecule has 1 fully saturated rings. The van der Waals surface area contributed by atoms with Crippen molar-refractivity contribution in [1.29, 1.82) is 0 Å². The van der Waals surface area contributed by atoms with Crippen LogP contribution < -0.4 is 5.73 Å². The molecular weight excluding hydrogens is 284 g/mol. The summed E-state index contributed by atoms with van der Waals surface area (Å²) in [7, 11) is 0. The van der Waals surface area contributed by atoms with E-state index in [-0.39, 0.29) is 5.91 Å². The summed E-state index contributed by atoms with van der Waals surface area (Å²) in [6.07, 6.45) is 0.916. The number of carbonyl (C=O) groups excluding carboxylic acids is 2. The summed E-state index contributed by atoms with van der Waals surface area (Å²) in [5.74, 6) is 0.258. The van der Waals surface area contributed by atoms with E-state index in [4.69, 9.17) is 17.3 Å². The molecule has 1 aliphatic rings. The molecule has 2 N–H and O–H groups in total. The van der Waals surface area contributed by atoms with Crippen LogP contribution in [0.25, 0.3) is 0 Å². The highest BCUT2D eigenvalue weighted by Crippen LogP contribution is 2.25. The molecule has 1 saturated heterocycles. The summed E-state index contributed by atoms with van der Waals surface area (Å²) in [6.45, 7) is 0.583. The van der Waals surface area contributed by atoms with Gasteiger partial charge in [-0.25, -0.2) is 0 Å². The number of nitrogens with two attached hydrogens (primary N) is 1. The van der Waals surface area contributed by atoms with E-state index in [2.05, 4.69) is 0 Å². The first-order valence-corrected chi connectivity index (χ1v) is 7.46. The van der Waals surface area contributed by atoms with Gasteiger partial charge in [0.1, 0.15) is 0 Å². The van der Waals surface area contributed by atoms with Crippen molar-refractivity contribution in [3.05, 3.63) is 34.9 Å². The second-order valence-electron chi connectivity index (χ2n) is 4.30. The van der Waals surface area contributed by atoms with Crippen molar-refractivity contribution in [2.24, 2.45) is 5.73 Å². The first kappa shape index (κ1) is 14.2. The van der Waals surface area contributed by atoms with Gasteiger partial charge in [-0.1, -0.05) is 29.8 Å². The summed E-state index contributed by atoms with van der Waals surface area (Å²) < 4.78 is 0. The number of thioether (sulfide) groups is 1. The smallest absolute Gasteiger partial charge is 0.250 e. The molecule has 2 amide bonds. The van der Waals surface area contributed by atoms with Crippen molar-refractivity contribution >= 4 is 35.2 Å². The molecule has 2 rings (SSSR count). The molecule has 0 bridgehead atoms. The maximum absolute atomic E-state index is 12.1. The maximum atomic E-state index is 12.1. The second kappa shape index (κ2) is 6.30.